The Hall–Kier alpha value is -1.38. The summed E-state index contributed by atoms with van der Waals surface area (Å²) in [5.74, 6) is -0.0711. The largest absolute Gasteiger partial charge is 0.449 e. The number of carbonyl (C=O) groups excluding carboxylic acids is 1. The van der Waals surface area contributed by atoms with Crippen LogP contribution in [0.15, 0.2) is 29.4 Å². The lowest BCUT2D eigenvalue weighted by Gasteiger charge is -2.30. The Bertz CT molecular complexity index is 726. The topological polar surface area (TPSA) is 47.6 Å². The van der Waals surface area contributed by atoms with E-state index in [2.05, 4.69) is 5.32 Å². The summed E-state index contributed by atoms with van der Waals surface area (Å²) in [4.78, 5) is 11.2. The van der Waals surface area contributed by atoms with Gasteiger partial charge in [-0.3, -0.25) is 4.79 Å². The highest BCUT2D eigenvalue weighted by atomic mass is 35.5. The molecule has 4 nitrogen and oxygen atoms in total. The molecule has 0 saturated heterocycles. The molecule has 1 aliphatic rings. The van der Waals surface area contributed by atoms with E-state index in [1.807, 2.05) is 13.8 Å². The summed E-state index contributed by atoms with van der Waals surface area (Å²) in [5, 5.41) is 3.05. The molecular formula is C18H21ClF3NO3S. The number of thioether (sulfide) groups is 1. The highest BCUT2D eigenvalue weighted by molar-refractivity contribution is 8.04. The summed E-state index contributed by atoms with van der Waals surface area (Å²) in [7, 11) is 0. The Morgan fingerprint density at radius 3 is 2.67 bits per heavy atom. The Kier molecular flexibility index (Phi) is 7.10. The van der Waals surface area contributed by atoms with Gasteiger partial charge < -0.3 is 14.8 Å². The molecule has 0 aromatic heterocycles. The summed E-state index contributed by atoms with van der Waals surface area (Å²) in [6.07, 6.45) is -2.20. The molecular weight excluding hydrogens is 403 g/mol. The predicted molar refractivity (Wildman–Crippen MR) is 99.6 cm³/mol. The third-order valence-corrected chi connectivity index (χ3v) is 5.66. The number of hydrogen-bond acceptors (Lipinski definition) is 4. The molecule has 27 heavy (non-hydrogen) atoms. The molecule has 2 unspecified atom stereocenters. The molecule has 2 atom stereocenters. The van der Waals surface area contributed by atoms with Crippen LogP contribution in [0.2, 0.25) is 5.02 Å². The number of amides is 1. The van der Waals surface area contributed by atoms with Crippen LogP contribution in [0.25, 0.3) is 0 Å². The van der Waals surface area contributed by atoms with E-state index in [0.29, 0.717) is 24.5 Å². The van der Waals surface area contributed by atoms with Gasteiger partial charge >= 0.3 is 6.18 Å². The highest BCUT2D eigenvalue weighted by Crippen LogP contribution is 2.47. The van der Waals surface area contributed by atoms with Crippen molar-refractivity contribution in [2.24, 2.45) is 0 Å². The second-order valence-corrected chi connectivity index (χ2v) is 7.75. The Morgan fingerprint density at radius 2 is 2.11 bits per heavy atom. The van der Waals surface area contributed by atoms with E-state index in [9.17, 15) is 18.0 Å². The molecule has 0 bridgehead atoms. The molecule has 1 aromatic carbocycles. The second-order valence-electron chi connectivity index (χ2n) is 5.99. The van der Waals surface area contributed by atoms with E-state index < -0.39 is 22.8 Å². The maximum Gasteiger partial charge on any atom is 0.416 e. The number of halogens is 4. The number of likely N-dealkylation sites (N-methyl/N-ethyl adjacent to an activating group) is 1. The molecule has 150 valence electrons. The maximum absolute atomic E-state index is 12.7. The summed E-state index contributed by atoms with van der Waals surface area (Å²) in [6, 6.07) is 2.94. The van der Waals surface area contributed by atoms with Crippen LogP contribution in [0.5, 0.6) is 5.75 Å². The average Bonchev–Trinajstić information content (AvgIpc) is 2.99. The fraction of sp³-hybridized carbons (Fsp3) is 0.500. The van der Waals surface area contributed by atoms with Crippen LogP contribution in [0.4, 0.5) is 13.2 Å². The first-order valence-corrected chi connectivity index (χ1v) is 9.69. The SMILES string of the molecule is CCNC(=O)C(C)OC1(CC)CC=C(Oc2ccc(C(F)(F)F)cc2Cl)S1. The van der Waals surface area contributed by atoms with Gasteiger partial charge in [-0.15, -0.1) is 0 Å². The zero-order valence-corrected chi connectivity index (χ0v) is 16.7. The van der Waals surface area contributed by atoms with Gasteiger partial charge in [0.2, 0.25) is 5.91 Å². The van der Waals surface area contributed by atoms with Gasteiger partial charge in [0.25, 0.3) is 0 Å². The third kappa shape index (κ3) is 5.56. The van der Waals surface area contributed by atoms with Crippen LogP contribution in [-0.4, -0.2) is 23.5 Å². The Balaban J connectivity index is 2.05. The standard InChI is InChI=1S/C18H21ClF3NO3S/c1-4-17(26-11(3)16(24)23-5-2)9-8-15(27-17)25-14-7-6-12(10-13(14)19)18(20,21)22/h6-8,10-11H,4-5,9H2,1-3H3,(H,23,24). The van der Waals surface area contributed by atoms with E-state index in [0.717, 1.165) is 12.1 Å². The third-order valence-electron chi connectivity index (χ3n) is 3.99. The van der Waals surface area contributed by atoms with Crippen molar-refractivity contribution in [1.82, 2.24) is 5.32 Å². The molecule has 1 N–H and O–H groups in total. The normalized spacial score (nSPS) is 20.9. The van der Waals surface area contributed by atoms with Crippen molar-refractivity contribution < 1.29 is 27.4 Å². The zero-order valence-electron chi connectivity index (χ0n) is 15.2. The molecule has 1 aromatic rings. The molecule has 9 heteroatoms. The number of benzene rings is 1. The van der Waals surface area contributed by atoms with Crippen LogP contribution in [0, 0.1) is 0 Å². The van der Waals surface area contributed by atoms with Crippen molar-refractivity contribution in [3.8, 4) is 5.75 Å². The van der Waals surface area contributed by atoms with Crippen molar-refractivity contribution in [3.05, 3.63) is 40.0 Å². The van der Waals surface area contributed by atoms with E-state index in [-0.39, 0.29) is 16.7 Å². The molecule has 1 aliphatic heterocycles. The van der Waals surface area contributed by atoms with Gasteiger partial charge in [-0.1, -0.05) is 30.3 Å². The molecule has 1 amide bonds. The van der Waals surface area contributed by atoms with Crippen LogP contribution in [0.3, 0.4) is 0 Å². The highest BCUT2D eigenvalue weighted by Gasteiger charge is 2.39. The van der Waals surface area contributed by atoms with Gasteiger partial charge in [0, 0.05) is 13.0 Å². The first-order valence-electron chi connectivity index (χ1n) is 8.49. The van der Waals surface area contributed by atoms with Crippen molar-refractivity contribution in [3.63, 3.8) is 0 Å². The van der Waals surface area contributed by atoms with Crippen molar-refractivity contribution in [2.75, 3.05) is 6.54 Å². The molecule has 0 spiro atoms. The molecule has 0 radical (unpaired) electrons. The number of hydrogen-bond donors (Lipinski definition) is 1. The summed E-state index contributed by atoms with van der Waals surface area (Å²) < 4.78 is 49.8. The van der Waals surface area contributed by atoms with E-state index in [4.69, 9.17) is 21.1 Å². The number of carbonyl (C=O) groups is 1. The Morgan fingerprint density at radius 1 is 1.41 bits per heavy atom. The van der Waals surface area contributed by atoms with Gasteiger partial charge in [0.1, 0.15) is 16.8 Å². The van der Waals surface area contributed by atoms with Crippen LogP contribution < -0.4 is 10.1 Å². The number of nitrogens with one attached hydrogen (secondary N) is 1. The zero-order chi connectivity index (χ0) is 20.2. The molecule has 0 aliphatic carbocycles. The van der Waals surface area contributed by atoms with Crippen LogP contribution in [0.1, 0.15) is 39.2 Å². The fourth-order valence-electron chi connectivity index (χ4n) is 2.50. The minimum absolute atomic E-state index is 0.128. The summed E-state index contributed by atoms with van der Waals surface area (Å²) in [6.45, 7) is 5.94. The summed E-state index contributed by atoms with van der Waals surface area (Å²) >= 11 is 7.22. The van der Waals surface area contributed by atoms with Gasteiger partial charge in [0.15, 0.2) is 5.09 Å². The number of ether oxygens (including phenoxy) is 2. The first-order chi connectivity index (χ1) is 12.6. The van der Waals surface area contributed by atoms with E-state index in [1.54, 1.807) is 13.0 Å². The van der Waals surface area contributed by atoms with E-state index in [1.165, 1.54) is 17.8 Å². The van der Waals surface area contributed by atoms with Crippen LogP contribution >= 0.6 is 23.4 Å². The number of rotatable bonds is 7. The number of alkyl halides is 3. The van der Waals surface area contributed by atoms with Crippen molar-refractivity contribution in [1.29, 1.82) is 0 Å². The van der Waals surface area contributed by atoms with E-state index >= 15 is 0 Å². The molecule has 0 saturated carbocycles. The minimum Gasteiger partial charge on any atom is -0.449 e. The van der Waals surface area contributed by atoms with Gasteiger partial charge in [-0.2, -0.15) is 13.2 Å². The lowest BCUT2D eigenvalue weighted by Crippen LogP contribution is -2.40. The monoisotopic (exact) mass is 423 g/mol. The van der Waals surface area contributed by atoms with Gasteiger partial charge in [-0.25, -0.2) is 0 Å². The lowest BCUT2D eigenvalue weighted by molar-refractivity contribution is -0.138. The van der Waals surface area contributed by atoms with Gasteiger partial charge in [0.05, 0.1) is 10.6 Å². The van der Waals surface area contributed by atoms with Crippen molar-refractivity contribution >= 4 is 29.3 Å². The van der Waals surface area contributed by atoms with Gasteiger partial charge in [-0.05, 0) is 44.5 Å². The maximum atomic E-state index is 12.7. The molecule has 0 fully saturated rings. The quantitative estimate of drug-likeness (QED) is 0.641. The second kappa shape index (κ2) is 8.75. The lowest BCUT2D eigenvalue weighted by atomic mass is 10.2. The fourth-order valence-corrected chi connectivity index (χ4v) is 3.89. The summed E-state index contributed by atoms with van der Waals surface area (Å²) in [5.41, 5.74) is -0.838. The minimum atomic E-state index is -4.47. The van der Waals surface area contributed by atoms with Crippen LogP contribution in [-0.2, 0) is 15.7 Å². The molecule has 1 heterocycles. The Labute approximate surface area is 165 Å². The molecule has 2 rings (SSSR count). The first kappa shape index (κ1) is 21.9. The van der Waals surface area contributed by atoms with Crippen molar-refractivity contribution in [2.45, 2.75) is 50.8 Å². The predicted octanol–water partition coefficient (Wildman–Crippen LogP) is 5.36. The average molecular weight is 424 g/mol. The smallest absolute Gasteiger partial charge is 0.416 e.